The van der Waals surface area contributed by atoms with Gasteiger partial charge in [-0.05, 0) is 41.3 Å². The molecular formula is C22H16N2O5S. The molecule has 1 amide bonds. The van der Waals surface area contributed by atoms with E-state index < -0.39 is 17.7 Å². The highest BCUT2D eigenvalue weighted by Crippen LogP contribution is 2.43. The summed E-state index contributed by atoms with van der Waals surface area (Å²) < 4.78 is 10.7. The Morgan fingerprint density at radius 2 is 2.03 bits per heavy atom. The van der Waals surface area contributed by atoms with E-state index in [1.807, 2.05) is 23.6 Å². The first-order valence-electron chi connectivity index (χ1n) is 9.24. The third-order valence-corrected chi connectivity index (χ3v) is 6.00. The molecule has 7 nitrogen and oxygen atoms in total. The van der Waals surface area contributed by atoms with Gasteiger partial charge in [-0.15, -0.1) is 11.3 Å². The lowest BCUT2D eigenvalue weighted by molar-refractivity contribution is -0.140. The van der Waals surface area contributed by atoms with E-state index >= 15 is 0 Å². The number of ketones is 1. The molecular weight excluding hydrogens is 404 g/mol. The van der Waals surface area contributed by atoms with Crippen LogP contribution in [-0.4, -0.2) is 33.5 Å². The van der Waals surface area contributed by atoms with Gasteiger partial charge in [-0.2, -0.15) is 0 Å². The summed E-state index contributed by atoms with van der Waals surface area (Å²) in [6, 6.07) is 11.6. The Bertz CT molecular complexity index is 1160. The maximum absolute atomic E-state index is 13.0. The van der Waals surface area contributed by atoms with Gasteiger partial charge in [0.25, 0.3) is 11.7 Å². The fourth-order valence-corrected chi connectivity index (χ4v) is 4.52. The molecule has 150 valence electrons. The third-order valence-electron chi connectivity index (χ3n) is 5.07. The highest BCUT2D eigenvalue weighted by molar-refractivity contribution is 7.10. The van der Waals surface area contributed by atoms with Gasteiger partial charge in [0.2, 0.25) is 6.79 Å². The highest BCUT2D eigenvalue weighted by Gasteiger charge is 2.46. The predicted octanol–water partition coefficient (Wildman–Crippen LogP) is 3.49. The van der Waals surface area contributed by atoms with Gasteiger partial charge >= 0.3 is 0 Å². The van der Waals surface area contributed by atoms with Gasteiger partial charge in [-0.25, -0.2) is 0 Å². The molecule has 2 aromatic heterocycles. The maximum Gasteiger partial charge on any atom is 0.295 e. The molecule has 2 aliphatic heterocycles. The first kappa shape index (κ1) is 18.4. The number of carbonyl (C=O) groups is 2. The van der Waals surface area contributed by atoms with Crippen LogP contribution in [0.25, 0.3) is 5.76 Å². The highest BCUT2D eigenvalue weighted by atomic mass is 32.1. The van der Waals surface area contributed by atoms with Crippen LogP contribution in [0.5, 0.6) is 11.5 Å². The Morgan fingerprint density at radius 1 is 1.17 bits per heavy atom. The Hall–Kier alpha value is -3.65. The summed E-state index contributed by atoms with van der Waals surface area (Å²) in [5.74, 6) is -0.555. The van der Waals surface area contributed by atoms with Gasteiger partial charge < -0.3 is 19.5 Å². The molecule has 3 aromatic rings. The van der Waals surface area contributed by atoms with Crippen molar-refractivity contribution in [1.29, 1.82) is 0 Å². The lowest BCUT2D eigenvalue weighted by Crippen LogP contribution is -2.28. The number of likely N-dealkylation sites (tertiary alicyclic amines) is 1. The van der Waals surface area contributed by atoms with E-state index in [4.69, 9.17) is 9.47 Å². The molecule has 1 saturated heterocycles. The number of rotatable bonds is 4. The van der Waals surface area contributed by atoms with E-state index in [9.17, 15) is 14.7 Å². The van der Waals surface area contributed by atoms with Gasteiger partial charge in [0, 0.05) is 29.4 Å². The summed E-state index contributed by atoms with van der Waals surface area (Å²) in [6.07, 6.45) is 3.30. The summed E-state index contributed by atoms with van der Waals surface area (Å²) in [7, 11) is 0. The van der Waals surface area contributed by atoms with Crippen molar-refractivity contribution in [2.45, 2.75) is 12.6 Å². The van der Waals surface area contributed by atoms with Gasteiger partial charge in [-0.3, -0.25) is 14.6 Å². The van der Waals surface area contributed by atoms with Crippen molar-refractivity contribution in [3.8, 4) is 11.5 Å². The Balaban J connectivity index is 1.61. The standard InChI is InChI=1S/C22H16N2O5S/c25-20(14-5-6-15-16(9-14)29-12-28-15)18-19(17-4-2-8-30-17)24(22(27)21(18)26)11-13-3-1-7-23-10-13/h1-10,19,25H,11-12H2/b20-18-. The van der Waals surface area contributed by atoms with Gasteiger partial charge in [0.15, 0.2) is 11.5 Å². The molecule has 8 heteroatoms. The van der Waals surface area contributed by atoms with Crippen molar-refractivity contribution in [2.24, 2.45) is 0 Å². The van der Waals surface area contributed by atoms with Crippen LogP contribution in [0.4, 0.5) is 0 Å². The van der Waals surface area contributed by atoms with Crippen molar-refractivity contribution in [2.75, 3.05) is 6.79 Å². The summed E-state index contributed by atoms with van der Waals surface area (Å²) in [5, 5.41) is 12.9. The van der Waals surface area contributed by atoms with Crippen molar-refractivity contribution in [3.05, 3.63) is 81.8 Å². The van der Waals surface area contributed by atoms with E-state index in [1.54, 1.807) is 36.7 Å². The van der Waals surface area contributed by atoms with E-state index in [-0.39, 0.29) is 24.7 Å². The zero-order valence-electron chi connectivity index (χ0n) is 15.6. The number of aliphatic hydroxyl groups excluding tert-OH is 1. The number of thiophene rings is 1. The van der Waals surface area contributed by atoms with E-state index in [2.05, 4.69) is 4.98 Å². The number of pyridine rings is 1. The maximum atomic E-state index is 13.0. The first-order chi connectivity index (χ1) is 14.6. The topological polar surface area (TPSA) is 89.0 Å². The predicted molar refractivity (Wildman–Crippen MR) is 109 cm³/mol. The average molecular weight is 420 g/mol. The number of aliphatic hydroxyl groups is 1. The van der Waals surface area contributed by atoms with Crippen LogP contribution in [0.15, 0.2) is 65.8 Å². The van der Waals surface area contributed by atoms with Gasteiger partial charge in [-0.1, -0.05) is 12.1 Å². The molecule has 2 aliphatic rings. The first-order valence-corrected chi connectivity index (χ1v) is 10.1. The van der Waals surface area contributed by atoms with Crippen LogP contribution in [0.3, 0.4) is 0 Å². The van der Waals surface area contributed by atoms with Crippen molar-refractivity contribution < 1.29 is 24.2 Å². The van der Waals surface area contributed by atoms with E-state index in [0.717, 1.165) is 10.4 Å². The number of ether oxygens (including phenoxy) is 2. The largest absolute Gasteiger partial charge is 0.507 e. The van der Waals surface area contributed by atoms with Gasteiger partial charge in [0.05, 0.1) is 11.6 Å². The lowest BCUT2D eigenvalue weighted by Gasteiger charge is -2.24. The number of hydrogen-bond donors (Lipinski definition) is 1. The summed E-state index contributed by atoms with van der Waals surface area (Å²) >= 11 is 1.42. The molecule has 5 rings (SSSR count). The number of benzene rings is 1. The van der Waals surface area contributed by atoms with E-state index in [0.29, 0.717) is 17.1 Å². The Morgan fingerprint density at radius 3 is 2.80 bits per heavy atom. The second-order valence-electron chi connectivity index (χ2n) is 6.87. The van der Waals surface area contributed by atoms with Crippen LogP contribution < -0.4 is 9.47 Å². The molecule has 1 aromatic carbocycles. The number of fused-ring (bicyclic) bond motifs is 1. The summed E-state index contributed by atoms with van der Waals surface area (Å²) in [5.41, 5.74) is 1.24. The number of Topliss-reactive ketones (excluding diaryl/α,β-unsaturated/α-hetero) is 1. The van der Waals surface area contributed by atoms with Crippen molar-refractivity contribution in [1.82, 2.24) is 9.88 Å². The molecule has 30 heavy (non-hydrogen) atoms. The van der Waals surface area contributed by atoms with Crippen molar-refractivity contribution >= 4 is 28.8 Å². The minimum atomic E-state index is -0.715. The summed E-state index contributed by atoms with van der Waals surface area (Å²) in [6.45, 7) is 0.309. The molecule has 1 fully saturated rings. The number of hydrogen-bond acceptors (Lipinski definition) is 7. The Kier molecular flexibility index (Phi) is 4.48. The normalized spacial score (nSPS) is 19.5. The molecule has 0 radical (unpaired) electrons. The molecule has 0 bridgehead atoms. The molecule has 1 atom stereocenters. The molecule has 0 spiro atoms. The van der Waals surface area contributed by atoms with Crippen molar-refractivity contribution in [3.63, 3.8) is 0 Å². The smallest absolute Gasteiger partial charge is 0.295 e. The van der Waals surface area contributed by atoms with E-state index in [1.165, 1.54) is 16.2 Å². The van der Waals surface area contributed by atoms with Crippen LogP contribution in [0.2, 0.25) is 0 Å². The van der Waals surface area contributed by atoms with Crippen LogP contribution in [-0.2, 0) is 16.1 Å². The minimum absolute atomic E-state index is 0.0604. The summed E-state index contributed by atoms with van der Waals surface area (Å²) in [4.78, 5) is 32.3. The zero-order valence-corrected chi connectivity index (χ0v) is 16.5. The molecule has 1 N–H and O–H groups in total. The molecule has 0 saturated carbocycles. The second-order valence-corrected chi connectivity index (χ2v) is 7.85. The number of nitrogens with zero attached hydrogens (tertiary/aromatic N) is 2. The quantitative estimate of drug-likeness (QED) is 0.395. The van der Waals surface area contributed by atoms with Crippen LogP contribution in [0.1, 0.15) is 22.0 Å². The minimum Gasteiger partial charge on any atom is -0.507 e. The molecule has 1 unspecified atom stereocenters. The average Bonchev–Trinajstić information content (AvgIpc) is 3.50. The number of aromatic nitrogens is 1. The monoisotopic (exact) mass is 420 g/mol. The Labute approximate surface area is 175 Å². The van der Waals surface area contributed by atoms with Crippen LogP contribution >= 0.6 is 11.3 Å². The second kappa shape index (κ2) is 7.31. The van der Waals surface area contributed by atoms with Crippen LogP contribution in [0, 0.1) is 0 Å². The number of amides is 1. The fraction of sp³-hybridized carbons (Fsp3) is 0.136. The fourth-order valence-electron chi connectivity index (χ4n) is 3.67. The van der Waals surface area contributed by atoms with Gasteiger partial charge in [0.1, 0.15) is 5.76 Å². The number of carbonyl (C=O) groups excluding carboxylic acids is 2. The zero-order chi connectivity index (χ0) is 20.7. The lowest BCUT2D eigenvalue weighted by atomic mass is 9.99. The third kappa shape index (κ3) is 3.02. The SMILES string of the molecule is O=C1C(=O)N(Cc2cccnc2)C(c2cccs2)/C1=C(/O)c1ccc2c(c1)OCO2. The molecule has 0 aliphatic carbocycles. The molecule has 4 heterocycles.